The lowest BCUT2D eigenvalue weighted by Crippen LogP contribution is -2.38. The van der Waals surface area contributed by atoms with Crippen molar-refractivity contribution in [1.82, 2.24) is 14.8 Å². The molecular formula is C22H21N5O3. The summed E-state index contributed by atoms with van der Waals surface area (Å²) in [4.78, 5) is 2.09. The van der Waals surface area contributed by atoms with Gasteiger partial charge in [0, 0.05) is 18.7 Å². The summed E-state index contributed by atoms with van der Waals surface area (Å²) in [6.07, 6.45) is 1.59. The zero-order valence-electron chi connectivity index (χ0n) is 16.5. The lowest BCUT2D eigenvalue weighted by Gasteiger charge is -2.28. The third-order valence-electron chi connectivity index (χ3n) is 4.87. The standard InChI is InChI=1S/C22H21N5O3/c1-29-19-9-5-6-16(20(19)28)14-17(15-23)21-24-25-22(26-10-12-30-13-11-26)27(21)18-7-3-2-4-8-18/h2-9,14,28H,10-13H2,1H3/b17-14+. The van der Waals surface area contributed by atoms with E-state index < -0.39 is 0 Å². The first-order chi connectivity index (χ1) is 14.7. The first-order valence-electron chi connectivity index (χ1n) is 9.54. The molecule has 1 saturated heterocycles. The number of para-hydroxylation sites is 2. The van der Waals surface area contributed by atoms with Crippen LogP contribution in [0.2, 0.25) is 0 Å². The highest BCUT2D eigenvalue weighted by atomic mass is 16.5. The van der Waals surface area contributed by atoms with Gasteiger partial charge in [-0.15, -0.1) is 10.2 Å². The Morgan fingerprint density at radius 1 is 1.13 bits per heavy atom. The Balaban J connectivity index is 1.85. The number of morpholine rings is 1. The van der Waals surface area contributed by atoms with E-state index in [0.717, 1.165) is 5.69 Å². The molecule has 0 radical (unpaired) electrons. The molecule has 1 fully saturated rings. The largest absolute Gasteiger partial charge is 0.504 e. The van der Waals surface area contributed by atoms with Crippen LogP contribution in [0.25, 0.3) is 17.3 Å². The maximum absolute atomic E-state index is 10.4. The number of rotatable bonds is 5. The summed E-state index contributed by atoms with van der Waals surface area (Å²) in [5, 5.41) is 29.1. The van der Waals surface area contributed by atoms with Gasteiger partial charge in [-0.2, -0.15) is 5.26 Å². The molecule has 0 aliphatic carbocycles. The third kappa shape index (κ3) is 3.71. The number of anilines is 1. The highest BCUT2D eigenvalue weighted by Gasteiger charge is 2.23. The first kappa shape index (κ1) is 19.5. The molecule has 2 aromatic carbocycles. The fourth-order valence-electron chi connectivity index (χ4n) is 3.36. The minimum absolute atomic E-state index is 0.0353. The van der Waals surface area contributed by atoms with Gasteiger partial charge < -0.3 is 19.5 Å². The van der Waals surface area contributed by atoms with Crippen molar-refractivity contribution in [3.05, 3.63) is 59.9 Å². The second-order valence-electron chi connectivity index (χ2n) is 6.66. The van der Waals surface area contributed by atoms with Gasteiger partial charge in [0.05, 0.1) is 31.6 Å². The van der Waals surface area contributed by atoms with Crippen LogP contribution in [-0.4, -0.2) is 53.3 Å². The lowest BCUT2D eigenvalue weighted by molar-refractivity contribution is 0.122. The Kier molecular flexibility index (Phi) is 5.63. The second-order valence-corrected chi connectivity index (χ2v) is 6.66. The van der Waals surface area contributed by atoms with Crippen LogP contribution < -0.4 is 9.64 Å². The zero-order chi connectivity index (χ0) is 20.9. The van der Waals surface area contributed by atoms with Crippen molar-refractivity contribution in [3.63, 3.8) is 0 Å². The number of hydrogen-bond acceptors (Lipinski definition) is 7. The van der Waals surface area contributed by atoms with E-state index in [9.17, 15) is 10.4 Å². The van der Waals surface area contributed by atoms with Crippen LogP contribution in [0.5, 0.6) is 11.5 Å². The van der Waals surface area contributed by atoms with E-state index >= 15 is 0 Å². The molecule has 4 rings (SSSR count). The molecule has 3 aromatic rings. The summed E-state index contributed by atoms with van der Waals surface area (Å²) in [6, 6.07) is 17.0. The highest BCUT2D eigenvalue weighted by molar-refractivity contribution is 5.89. The van der Waals surface area contributed by atoms with Gasteiger partial charge in [-0.05, 0) is 24.3 Å². The first-order valence-corrected chi connectivity index (χ1v) is 9.54. The van der Waals surface area contributed by atoms with Gasteiger partial charge in [0.2, 0.25) is 5.95 Å². The molecule has 8 heteroatoms. The Hall–Kier alpha value is -3.83. The van der Waals surface area contributed by atoms with Gasteiger partial charge in [-0.25, -0.2) is 0 Å². The average molecular weight is 403 g/mol. The Bertz CT molecular complexity index is 1100. The number of methoxy groups -OCH3 is 1. The summed E-state index contributed by atoms with van der Waals surface area (Å²) in [6.45, 7) is 2.59. The number of aromatic hydroxyl groups is 1. The molecule has 0 saturated carbocycles. The summed E-state index contributed by atoms with van der Waals surface area (Å²) in [5.41, 5.74) is 1.57. The number of ether oxygens (including phenoxy) is 2. The molecule has 2 heterocycles. The third-order valence-corrected chi connectivity index (χ3v) is 4.87. The smallest absolute Gasteiger partial charge is 0.232 e. The van der Waals surface area contributed by atoms with Gasteiger partial charge in [0.25, 0.3) is 0 Å². The van der Waals surface area contributed by atoms with Crippen molar-refractivity contribution in [3.8, 4) is 23.3 Å². The van der Waals surface area contributed by atoms with Crippen molar-refractivity contribution in [2.24, 2.45) is 0 Å². The van der Waals surface area contributed by atoms with Gasteiger partial charge >= 0.3 is 0 Å². The molecule has 1 aromatic heterocycles. The van der Waals surface area contributed by atoms with E-state index in [4.69, 9.17) is 9.47 Å². The van der Waals surface area contributed by atoms with E-state index in [2.05, 4.69) is 21.2 Å². The fourth-order valence-corrected chi connectivity index (χ4v) is 3.36. The predicted octanol–water partition coefficient (Wildman–Crippen LogP) is 2.88. The molecule has 1 N–H and O–H groups in total. The molecule has 0 amide bonds. The van der Waals surface area contributed by atoms with Gasteiger partial charge in [-0.1, -0.05) is 30.3 Å². The maximum Gasteiger partial charge on any atom is 0.232 e. The van der Waals surface area contributed by atoms with E-state index in [1.54, 1.807) is 24.3 Å². The number of phenols is 1. The van der Waals surface area contributed by atoms with Crippen molar-refractivity contribution in [2.45, 2.75) is 0 Å². The molecular weight excluding hydrogens is 382 g/mol. The Labute approximate surface area is 174 Å². The molecule has 0 atom stereocenters. The Morgan fingerprint density at radius 3 is 2.60 bits per heavy atom. The van der Waals surface area contributed by atoms with Crippen LogP contribution in [-0.2, 0) is 4.74 Å². The quantitative estimate of drug-likeness (QED) is 0.654. The van der Waals surface area contributed by atoms with E-state index in [0.29, 0.717) is 49.4 Å². The van der Waals surface area contributed by atoms with Gasteiger partial charge in [-0.3, -0.25) is 4.57 Å². The minimum atomic E-state index is -0.0353. The number of allylic oxidation sites excluding steroid dienone is 1. The normalized spacial score (nSPS) is 14.4. The molecule has 1 aliphatic rings. The predicted molar refractivity (Wildman–Crippen MR) is 113 cm³/mol. The zero-order valence-corrected chi connectivity index (χ0v) is 16.5. The number of benzene rings is 2. The molecule has 0 bridgehead atoms. The summed E-state index contributed by atoms with van der Waals surface area (Å²) in [5.74, 6) is 1.34. The van der Waals surface area contributed by atoms with Crippen molar-refractivity contribution < 1.29 is 14.6 Å². The number of phenolic OH excluding ortho intramolecular Hbond substituents is 1. The topological polar surface area (TPSA) is 96.4 Å². The van der Waals surface area contributed by atoms with Crippen molar-refractivity contribution in [2.75, 3.05) is 38.3 Å². The van der Waals surface area contributed by atoms with Crippen molar-refractivity contribution in [1.29, 1.82) is 5.26 Å². The molecule has 8 nitrogen and oxygen atoms in total. The number of nitrogens with zero attached hydrogens (tertiary/aromatic N) is 5. The molecule has 0 unspecified atom stereocenters. The molecule has 30 heavy (non-hydrogen) atoms. The second kappa shape index (κ2) is 8.68. The number of nitriles is 1. The van der Waals surface area contributed by atoms with Crippen LogP contribution in [0, 0.1) is 11.3 Å². The van der Waals surface area contributed by atoms with Crippen LogP contribution in [0.15, 0.2) is 48.5 Å². The monoisotopic (exact) mass is 403 g/mol. The van der Waals surface area contributed by atoms with Crippen LogP contribution >= 0.6 is 0 Å². The summed E-state index contributed by atoms with van der Waals surface area (Å²) < 4.78 is 12.5. The van der Waals surface area contributed by atoms with Gasteiger partial charge in [0.1, 0.15) is 6.07 Å². The number of aromatic nitrogens is 3. The lowest BCUT2D eigenvalue weighted by atomic mass is 10.1. The maximum atomic E-state index is 10.4. The van der Waals surface area contributed by atoms with E-state index in [1.165, 1.54) is 7.11 Å². The summed E-state index contributed by atoms with van der Waals surface area (Å²) >= 11 is 0. The molecule has 0 spiro atoms. The Morgan fingerprint density at radius 2 is 1.90 bits per heavy atom. The summed E-state index contributed by atoms with van der Waals surface area (Å²) in [7, 11) is 1.48. The highest BCUT2D eigenvalue weighted by Crippen LogP contribution is 2.33. The molecule has 152 valence electrons. The van der Waals surface area contributed by atoms with E-state index in [1.807, 2.05) is 34.9 Å². The SMILES string of the molecule is COc1cccc(/C=C(\C#N)c2nnc(N3CCOCC3)n2-c2ccccc2)c1O. The number of hydrogen-bond donors (Lipinski definition) is 1. The molecule has 1 aliphatic heterocycles. The van der Waals surface area contributed by atoms with Crippen molar-refractivity contribution >= 4 is 17.6 Å². The average Bonchev–Trinajstić information content (AvgIpc) is 3.24. The van der Waals surface area contributed by atoms with Gasteiger partial charge in [0.15, 0.2) is 17.3 Å². The van der Waals surface area contributed by atoms with Crippen LogP contribution in [0.4, 0.5) is 5.95 Å². The van der Waals surface area contributed by atoms with Crippen LogP contribution in [0.3, 0.4) is 0 Å². The van der Waals surface area contributed by atoms with E-state index in [-0.39, 0.29) is 11.3 Å². The van der Waals surface area contributed by atoms with Crippen LogP contribution in [0.1, 0.15) is 11.4 Å². The fraction of sp³-hybridized carbons (Fsp3) is 0.227. The minimum Gasteiger partial charge on any atom is -0.504 e.